The molecule has 0 saturated carbocycles. The first-order valence-corrected chi connectivity index (χ1v) is 5.42. The van der Waals surface area contributed by atoms with E-state index in [2.05, 4.69) is 43.4 Å². The average molecular weight is 201 g/mol. The van der Waals surface area contributed by atoms with Crippen molar-refractivity contribution in [2.45, 2.75) is 27.2 Å². The first-order valence-electron chi connectivity index (χ1n) is 5.42. The molecular formula is C14H19N. The molecule has 1 aromatic carbocycles. The van der Waals surface area contributed by atoms with Crippen LogP contribution in [0, 0.1) is 0 Å². The van der Waals surface area contributed by atoms with Crippen LogP contribution in [0.15, 0.2) is 53.8 Å². The van der Waals surface area contributed by atoms with Gasteiger partial charge in [0.15, 0.2) is 0 Å². The van der Waals surface area contributed by atoms with Gasteiger partial charge < -0.3 is 5.32 Å². The summed E-state index contributed by atoms with van der Waals surface area (Å²) in [5.74, 6) is 0. The second-order valence-corrected chi connectivity index (χ2v) is 3.54. The van der Waals surface area contributed by atoms with E-state index >= 15 is 0 Å². The van der Waals surface area contributed by atoms with E-state index < -0.39 is 0 Å². The van der Waals surface area contributed by atoms with E-state index in [1.165, 1.54) is 11.3 Å². The van der Waals surface area contributed by atoms with E-state index in [-0.39, 0.29) is 0 Å². The minimum absolute atomic E-state index is 1.07. The van der Waals surface area contributed by atoms with Gasteiger partial charge in [-0.25, -0.2) is 0 Å². The van der Waals surface area contributed by atoms with Gasteiger partial charge in [0, 0.05) is 11.4 Å². The van der Waals surface area contributed by atoms with E-state index in [0.29, 0.717) is 0 Å². The van der Waals surface area contributed by atoms with Crippen LogP contribution in [-0.2, 0) is 0 Å². The van der Waals surface area contributed by atoms with Crippen molar-refractivity contribution in [1.29, 1.82) is 0 Å². The third-order valence-electron chi connectivity index (χ3n) is 2.38. The summed E-state index contributed by atoms with van der Waals surface area (Å²) in [6.45, 7) is 6.37. The number of hydrogen-bond donors (Lipinski definition) is 1. The van der Waals surface area contributed by atoms with Crippen molar-refractivity contribution < 1.29 is 0 Å². The Bertz CT molecular complexity index is 347. The van der Waals surface area contributed by atoms with Crippen molar-refractivity contribution >= 4 is 5.69 Å². The van der Waals surface area contributed by atoms with Crippen LogP contribution in [0.2, 0.25) is 0 Å². The number of anilines is 1. The third kappa shape index (κ3) is 3.62. The summed E-state index contributed by atoms with van der Waals surface area (Å²) in [5, 5.41) is 3.42. The number of rotatable bonds is 4. The highest BCUT2D eigenvalue weighted by Crippen LogP contribution is 2.14. The molecule has 1 nitrogen and oxygen atoms in total. The Morgan fingerprint density at radius 2 is 1.93 bits per heavy atom. The van der Waals surface area contributed by atoms with Crippen LogP contribution in [-0.4, -0.2) is 0 Å². The maximum atomic E-state index is 3.42. The van der Waals surface area contributed by atoms with Crippen molar-refractivity contribution in [2.75, 3.05) is 5.32 Å². The van der Waals surface area contributed by atoms with Gasteiger partial charge in [-0.1, -0.05) is 36.8 Å². The summed E-state index contributed by atoms with van der Waals surface area (Å²) < 4.78 is 0. The molecule has 0 aliphatic rings. The van der Waals surface area contributed by atoms with Gasteiger partial charge in [-0.05, 0) is 38.5 Å². The van der Waals surface area contributed by atoms with Crippen LogP contribution < -0.4 is 5.32 Å². The lowest BCUT2D eigenvalue weighted by Crippen LogP contribution is -1.99. The zero-order valence-electron chi connectivity index (χ0n) is 9.75. The number of nitrogens with one attached hydrogen (secondary N) is 1. The average Bonchev–Trinajstić information content (AvgIpc) is 2.29. The van der Waals surface area contributed by atoms with Crippen LogP contribution in [0.5, 0.6) is 0 Å². The molecule has 0 unspecified atom stereocenters. The molecule has 0 fully saturated rings. The standard InChI is InChI=1S/C14H19N/c1-4-9-14(12(3)5-2)15-13-10-7-6-8-11-13/h4,6-11,15H,5H2,1-3H3/b9-4-,14-12-. The van der Waals surface area contributed by atoms with Crippen LogP contribution in [0.3, 0.4) is 0 Å². The Morgan fingerprint density at radius 3 is 2.47 bits per heavy atom. The molecule has 0 atom stereocenters. The molecule has 1 heteroatoms. The molecule has 0 aliphatic heterocycles. The fourth-order valence-corrected chi connectivity index (χ4v) is 1.32. The molecule has 0 radical (unpaired) electrons. The fraction of sp³-hybridized carbons (Fsp3) is 0.286. The van der Waals surface area contributed by atoms with E-state index in [9.17, 15) is 0 Å². The number of hydrogen-bond acceptors (Lipinski definition) is 1. The van der Waals surface area contributed by atoms with Crippen LogP contribution in [0.4, 0.5) is 5.69 Å². The Hall–Kier alpha value is -1.50. The summed E-state index contributed by atoms with van der Waals surface area (Å²) in [6.07, 6.45) is 5.25. The summed E-state index contributed by atoms with van der Waals surface area (Å²) in [7, 11) is 0. The maximum absolute atomic E-state index is 3.42. The zero-order chi connectivity index (χ0) is 11.1. The monoisotopic (exact) mass is 201 g/mol. The lowest BCUT2D eigenvalue weighted by Gasteiger charge is -2.10. The smallest absolute Gasteiger partial charge is 0.0384 e. The van der Waals surface area contributed by atoms with Crippen LogP contribution in [0.1, 0.15) is 27.2 Å². The molecule has 0 aliphatic carbocycles. The maximum Gasteiger partial charge on any atom is 0.0384 e. The Balaban J connectivity index is 2.86. The molecule has 0 bridgehead atoms. The van der Waals surface area contributed by atoms with Crippen molar-refractivity contribution in [3.05, 3.63) is 53.8 Å². The molecular weight excluding hydrogens is 182 g/mol. The third-order valence-corrected chi connectivity index (χ3v) is 2.38. The highest BCUT2D eigenvalue weighted by molar-refractivity contribution is 5.51. The van der Waals surface area contributed by atoms with Gasteiger partial charge in [0.25, 0.3) is 0 Å². The molecule has 80 valence electrons. The van der Waals surface area contributed by atoms with Crippen LogP contribution in [0.25, 0.3) is 0 Å². The zero-order valence-corrected chi connectivity index (χ0v) is 9.75. The molecule has 15 heavy (non-hydrogen) atoms. The summed E-state index contributed by atoms with van der Waals surface area (Å²) in [5.41, 5.74) is 3.71. The van der Waals surface area contributed by atoms with Crippen molar-refractivity contribution in [3.8, 4) is 0 Å². The molecule has 0 aromatic heterocycles. The van der Waals surface area contributed by atoms with Gasteiger partial charge >= 0.3 is 0 Å². The van der Waals surface area contributed by atoms with Crippen molar-refractivity contribution in [1.82, 2.24) is 0 Å². The highest BCUT2D eigenvalue weighted by Gasteiger charge is 1.97. The van der Waals surface area contributed by atoms with Gasteiger partial charge in [-0.15, -0.1) is 0 Å². The first kappa shape index (κ1) is 11.6. The fourth-order valence-electron chi connectivity index (χ4n) is 1.32. The topological polar surface area (TPSA) is 12.0 Å². The van der Waals surface area contributed by atoms with Crippen molar-refractivity contribution in [3.63, 3.8) is 0 Å². The first-order chi connectivity index (χ1) is 7.27. The molecule has 0 spiro atoms. The second kappa shape index (κ2) is 6.07. The molecule has 1 N–H and O–H groups in total. The Kier molecular flexibility index (Phi) is 4.69. The van der Waals surface area contributed by atoms with Gasteiger partial charge in [0.05, 0.1) is 0 Å². The molecule has 0 saturated heterocycles. The second-order valence-electron chi connectivity index (χ2n) is 3.54. The number of allylic oxidation sites excluding steroid dienone is 3. The summed E-state index contributed by atoms with van der Waals surface area (Å²) in [6, 6.07) is 10.3. The Morgan fingerprint density at radius 1 is 1.27 bits per heavy atom. The minimum Gasteiger partial charge on any atom is -0.356 e. The van der Waals surface area contributed by atoms with Crippen LogP contribution >= 0.6 is 0 Å². The van der Waals surface area contributed by atoms with Gasteiger partial charge in [-0.2, -0.15) is 0 Å². The highest BCUT2D eigenvalue weighted by atomic mass is 14.9. The minimum atomic E-state index is 1.07. The van der Waals surface area contributed by atoms with E-state index in [4.69, 9.17) is 0 Å². The number of para-hydroxylation sites is 1. The van der Waals surface area contributed by atoms with Gasteiger partial charge in [0.2, 0.25) is 0 Å². The van der Waals surface area contributed by atoms with E-state index in [1.807, 2.05) is 25.1 Å². The predicted molar refractivity (Wildman–Crippen MR) is 67.9 cm³/mol. The summed E-state index contributed by atoms with van der Waals surface area (Å²) >= 11 is 0. The molecule has 1 aromatic rings. The normalized spacial score (nSPS) is 12.7. The van der Waals surface area contributed by atoms with Crippen molar-refractivity contribution in [2.24, 2.45) is 0 Å². The quantitative estimate of drug-likeness (QED) is 0.714. The van der Waals surface area contributed by atoms with Gasteiger partial charge in [0.1, 0.15) is 0 Å². The Labute approximate surface area is 92.5 Å². The van der Waals surface area contributed by atoms with E-state index in [0.717, 1.165) is 12.1 Å². The lowest BCUT2D eigenvalue weighted by molar-refractivity contribution is 1.07. The van der Waals surface area contributed by atoms with E-state index in [1.54, 1.807) is 0 Å². The number of benzene rings is 1. The lowest BCUT2D eigenvalue weighted by atomic mass is 10.1. The predicted octanol–water partition coefficient (Wildman–Crippen LogP) is 4.36. The largest absolute Gasteiger partial charge is 0.356 e. The molecule has 1 rings (SSSR count). The molecule has 0 amide bonds. The molecule has 0 heterocycles. The SMILES string of the molecule is C/C=C\C(Nc1ccccc1)=C(/C)CC. The van der Waals surface area contributed by atoms with Gasteiger partial charge in [-0.3, -0.25) is 0 Å². The summed E-state index contributed by atoms with van der Waals surface area (Å²) in [4.78, 5) is 0.